The number of nitrogens with zero attached hydrogens (tertiary/aromatic N) is 1. The van der Waals surface area contributed by atoms with Gasteiger partial charge in [0.1, 0.15) is 0 Å². The molecular formula is C10H23N. The van der Waals surface area contributed by atoms with Gasteiger partial charge in [0.05, 0.1) is 0 Å². The maximum atomic E-state index is 3.88. The van der Waals surface area contributed by atoms with Gasteiger partial charge in [-0.3, -0.25) is 4.99 Å². The topological polar surface area (TPSA) is 12.4 Å². The van der Waals surface area contributed by atoms with Crippen molar-refractivity contribution in [3.05, 3.63) is 11.8 Å². The van der Waals surface area contributed by atoms with Crippen LogP contribution in [-0.2, 0) is 0 Å². The summed E-state index contributed by atoms with van der Waals surface area (Å²) in [7, 11) is 0. The first kappa shape index (κ1) is 16.8. The van der Waals surface area contributed by atoms with Crippen LogP contribution in [0.15, 0.2) is 16.8 Å². The Bertz CT molecular complexity index is 87.0. The Morgan fingerprint density at radius 2 is 1.36 bits per heavy atom. The Morgan fingerprint density at radius 3 is 1.45 bits per heavy atom. The summed E-state index contributed by atoms with van der Waals surface area (Å²) in [5.41, 5.74) is 1.23. The van der Waals surface area contributed by atoms with Crippen LogP contribution in [0.3, 0.4) is 0 Å². The van der Waals surface area contributed by atoms with Gasteiger partial charge in [-0.05, 0) is 20.8 Å². The largest absolute Gasteiger partial charge is 0.269 e. The molecule has 0 aromatic carbocycles. The molecule has 0 radical (unpaired) electrons. The monoisotopic (exact) mass is 157 g/mol. The molecule has 1 nitrogen and oxygen atoms in total. The van der Waals surface area contributed by atoms with E-state index in [1.807, 2.05) is 54.7 Å². The van der Waals surface area contributed by atoms with E-state index in [0.717, 1.165) is 0 Å². The van der Waals surface area contributed by atoms with Gasteiger partial charge in [0, 0.05) is 12.4 Å². The summed E-state index contributed by atoms with van der Waals surface area (Å²) >= 11 is 0. The molecule has 0 saturated carbocycles. The van der Waals surface area contributed by atoms with Gasteiger partial charge in [-0.1, -0.05) is 33.3 Å². The normalized spacial score (nSPS) is 7.18. The molecule has 0 bridgehead atoms. The molecule has 0 aliphatic carbocycles. The lowest BCUT2D eigenvalue weighted by Gasteiger charge is -1.78. The average molecular weight is 157 g/mol. The minimum absolute atomic E-state index is 1.23. The molecule has 0 aliphatic heterocycles. The fourth-order valence-electron chi connectivity index (χ4n) is 0.224. The SMILES string of the molecule is CC.CC.CC=NC=C(C)C. The molecule has 0 heterocycles. The highest BCUT2D eigenvalue weighted by atomic mass is 14.7. The zero-order valence-electron chi connectivity index (χ0n) is 9.10. The van der Waals surface area contributed by atoms with E-state index in [4.69, 9.17) is 0 Å². The highest BCUT2D eigenvalue weighted by Gasteiger charge is 1.66. The number of aliphatic imine (C=N–C) groups is 1. The van der Waals surface area contributed by atoms with Crippen LogP contribution in [-0.4, -0.2) is 6.21 Å². The lowest BCUT2D eigenvalue weighted by atomic mass is 10.4. The minimum Gasteiger partial charge on any atom is -0.269 e. The van der Waals surface area contributed by atoms with Crippen molar-refractivity contribution in [3.63, 3.8) is 0 Å². The van der Waals surface area contributed by atoms with Crippen LogP contribution in [0.1, 0.15) is 48.5 Å². The maximum absolute atomic E-state index is 3.88. The van der Waals surface area contributed by atoms with Gasteiger partial charge in [-0.2, -0.15) is 0 Å². The molecule has 0 aliphatic rings. The van der Waals surface area contributed by atoms with Gasteiger partial charge in [0.2, 0.25) is 0 Å². The van der Waals surface area contributed by atoms with E-state index < -0.39 is 0 Å². The first-order chi connectivity index (χ1) is 5.27. The molecule has 0 amide bonds. The molecule has 0 unspecified atom stereocenters. The summed E-state index contributed by atoms with van der Waals surface area (Å²) in [6, 6.07) is 0. The van der Waals surface area contributed by atoms with E-state index in [1.54, 1.807) is 6.21 Å². The number of rotatable bonds is 1. The molecule has 0 N–H and O–H groups in total. The molecule has 11 heavy (non-hydrogen) atoms. The molecule has 0 fully saturated rings. The first-order valence-corrected chi connectivity index (χ1v) is 4.38. The average Bonchev–Trinajstić information content (AvgIpc) is 2.08. The zero-order chi connectivity index (χ0) is 9.70. The lowest BCUT2D eigenvalue weighted by Crippen LogP contribution is -1.59. The Kier molecular flexibility index (Phi) is 34.7. The van der Waals surface area contributed by atoms with E-state index in [2.05, 4.69) is 4.99 Å². The zero-order valence-corrected chi connectivity index (χ0v) is 9.10. The Hall–Kier alpha value is -0.590. The number of hydrogen-bond donors (Lipinski definition) is 0. The second-order valence-corrected chi connectivity index (χ2v) is 1.61. The molecule has 0 rings (SSSR count). The van der Waals surface area contributed by atoms with E-state index >= 15 is 0 Å². The number of allylic oxidation sites excluding steroid dienone is 1. The van der Waals surface area contributed by atoms with E-state index in [-0.39, 0.29) is 0 Å². The fourth-order valence-corrected chi connectivity index (χ4v) is 0.224. The lowest BCUT2D eigenvalue weighted by molar-refractivity contribution is 1.34. The highest BCUT2D eigenvalue weighted by molar-refractivity contribution is 5.54. The molecule has 0 aromatic heterocycles. The van der Waals surface area contributed by atoms with Crippen LogP contribution < -0.4 is 0 Å². The summed E-state index contributed by atoms with van der Waals surface area (Å²) in [4.78, 5) is 3.88. The van der Waals surface area contributed by atoms with E-state index in [9.17, 15) is 0 Å². The van der Waals surface area contributed by atoms with Crippen molar-refractivity contribution in [1.82, 2.24) is 0 Å². The van der Waals surface area contributed by atoms with Crippen molar-refractivity contribution in [1.29, 1.82) is 0 Å². The Morgan fingerprint density at radius 1 is 1.00 bits per heavy atom. The van der Waals surface area contributed by atoms with Gasteiger partial charge in [-0.25, -0.2) is 0 Å². The summed E-state index contributed by atoms with van der Waals surface area (Å²) in [5.74, 6) is 0. The second-order valence-electron chi connectivity index (χ2n) is 1.61. The Balaban J connectivity index is -0.000000138. The molecular weight excluding hydrogens is 134 g/mol. The van der Waals surface area contributed by atoms with Crippen LogP contribution >= 0.6 is 0 Å². The number of hydrogen-bond acceptors (Lipinski definition) is 1. The van der Waals surface area contributed by atoms with Gasteiger partial charge in [0.15, 0.2) is 0 Å². The predicted molar refractivity (Wildman–Crippen MR) is 56.3 cm³/mol. The van der Waals surface area contributed by atoms with Crippen molar-refractivity contribution in [2.24, 2.45) is 4.99 Å². The fraction of sp³-hybridized carbons (Fsp3) is 0.700. The van der Waals surface area contributed by atoms with Crippen molar-refractivity contribution in [2.45, 2.75) is 48.5 Å². The second kappa shape index (κ2) is 22.7. The van der Waals surface area contributed by atoms with Gasteiger partial charge < -0.3 is 0 Å². The van der Waals surface area contributed by atoms with Crippen molar-refractivity contribution < 1.29 is 0 Å². The van der Waals surface area contributed by atoms with E-state index in [1.165, 1.54) is 5.57 Å². The third-order valence-electron chi connectivity index (χ3n) is 0.482. The molecule has 0 spiro atoms. The van der Waals surface area contributed by atoms with Crippen LogP contribution in [0.25, 0.3) is 0 Å². The quantitative estimate of drug-likeness (QED) is 0.509. The third kappa shape index (κ3) is 44.4. The first-order valence-electron chi connectivity index (χ1n) is 4.38. The molecule has 0 saturated heterocycles. The van der Waals surface area contributed by atoms with Crippen molar-refractivity contribution in [3.8, 4) is 0 Å². The van der Waals surface area contributed by atoms with Crippen LogP contribution in [0, 0.1) is 0 Å². The van der Waals surface area contributed by atoms with E-state index in [0.29, 0.717) is 0 Å². The predicted octanol–water partition coefficient (Wildman–Crippen LogP) is 4.05. The highest BCUT2D eigenvalue weighted by Crippen LogP contribution is 1.85. The molecule has 0 aromatic rings. The molecule has 0 atom stereocenters. The molecule has 1 heteroatoms. The minimum atomic E-state index is 1.23. The summed E-state index contributed by atoms with van der Waals surface area (Å²) < 4.78 is 0. The summed E-state index contributed by atoms with van der Waals surface area (Å²) in [5, 5.41) is 0. The van der Waals surface area contributed by atoms with Crippen LogP contribution in [0.2, 0.25) is 0 Å². The van der Waals surface area contributed by atoms with Gasteiger partial charge >= 0.3 is 0 Å². The van der Waals surface area contributed by atoms with Gasteiger partial charge in [0.25, 0.3) is 0 Å². The smallest absolute Gasteiger partial charge is 0.0250 e. The van der Waals surface area contributed by atoms with Gasteiger partial charge in [-0.15, -0.1) is 0 Å². The maximum Gasteiger partial charge on any atom is 0.0250 e. The van der Waals surface area contributed by atoms with Crippen molar-refractivity contribution in [2.75, 3.05) is 0 Å². The van der Waals surface area contributed by atoms with Crippen LogP contribution in [0.4, 0.5) is 0 Å². The summed E-state index contributed by atoms with van der Waals surface area (Å²) in [6.45, 7) is 13.9. The van der Waals surface area contributed by atoms with Crippen molar-refractivity contribution >= 4 is 6.21 Å². The Labute approximate surface area is 72.2 Å². The summed E-state index contributed by atoms with van der Waals surface area (Å²) in [6.07, 6.45) is 3.60. The third-order valence-corrected chi connectivity index (χ3v) is 0.482. The van der Waals surface area contributed by atoms with Crippen LogP contribution in [0.5, 0.6) is 0 Å². The molecule has 68 valence electrons. The standard InChI is InChI=1S/C6H11N.2C2H6/c1-4-7-5-6(2)3;2*1-2/h4-5H,1-3H3;2*1-2H3.